The highest BCUT2D eigenvalue weighted by Gasteiger charge is 2.31. The first-order valence-electron chi connectivity index (χ1n) is 10.9. The van der Waals surface area contributed by atoms with Crippen LogP contribution in [0.25, 0.3) is 15.9 Å². The summed E-state index contributed by atoms with van der Waals surface area (Å²) < 4.78 is 1.80. The van der Waals surface area contributed by atoms with Crippen molar-refractivity contribution in [3.05, 3.63) is 57.0 Å². The van der Waals surface area contributed by atoms with E-state index in [1.807, 2.05) is 13.1 Å². The maximum atomic E-state index is 12.5. The van der Waals surface area contributed by atoms with Gasteiger partial charge in [0.1, 0.15) is 11.9 Å². The standard InChI is InChI=1S/C24H23ClN6OS/c1-3-13-9-18-20(21(13)25)23(31-7-4-15(27)12-31)29-24(28-18)33-16-8-14(11-26)22-17(10-16)19(32)5-6-30(22)2/h5-6,8,10,15H,3-4,7,9,12,27H2,1-2H3/t15-/m1/s1. The number of halogens is 1. The third-order valence-electron chi connectivity index (χ3n) is 6.29. The van der Waals surface area contributed by atoms with Crippen LogP contribution in [0.15, 0.2) is 44.8 Å². The van der Waals surface area contributed by atoms with Gasteiger partial charge in [-0.3, -0.25) is 4.79 Å². The highest BCUT2D eigenvalue weighted by Crippen LogP contribution is 2.43. The molecule has 1 aliphatic heterocycles. The van der Waals surface area contributed by atoms with Gasteiger partial charge in [0.15, 0.2) is 10.6 Å². The van der Waals surface area contributed by atoms with Gasteiger partial charge >= 0.3 is 0 Å². The lowest BCUT2D eigenvalue weighted by Crippen LogP contribution is -2.28. The second kappa shape index (κ2) is 8.49. The summed E-state index contributed by atoms with van der Waals surface area (Å²) >= 11 is 8.10. The van der Waals surface area contributed by atoms with Crippen molar-refractivity contribution in [1.82, 2.24) is 14.5 Å². The fourth-order valence-electron chi connectivity index (χ4n) is 4.58. The summed E-state index contributed by atoms with van der Waals surface area (Å²) in [5, 5.41) is 11.5. The van der Waals surface area contributed by atoms with Gasteiger partial charge in [0.2, 0.25) is 0 Å². The molecule has 7 nitrogen and oxygen atoms in total. The number of benzene rings is 1. The molecular formula is C24H23ClN6OS. The average Bonchev–Trinajstić information content (AvgIpc) is 3.38. The molecule has 0 radical (unpaired) electrons. The Hall–Kier alpha value is -2.86. The first-order valence-corrected chi connectivity index (χ1v) is 12.1. The van der Waals surface area contributed by atoms with E-state index >= 15 is 0 Å². The zero-order valence-corrected chi connectivity index (χ0v) is 20.0. The number of anilines is 1. The quantitative estimate of drug-likeness (QED) is 0.569. The largest absolute Gasteiger partial charge is 0.354 e. The van der Waals surface area contributed by atoms with Gasteiger partial charge in [-0.25, -0.2) is 9.97 Å². The summed E-state index contributed by atoms with van der Waals surface area (Å²) in [6.07, 6.45) is 4.14. The minimum absolute atomic E-state index is 0.108. The molecule has 1 aliphatic carbocycles. The van der Waals surface area contributed by atoms with Crippen LogP contribution in [0.1, 0.15) is 36.6 Å². The normalized spacial score (nSPS) is 17.7. The number of aromatic nitrogens is 3. The maximum absolute atomic E-state index is 12.5. The van der Waals surface area contributed by atoms with E-state index in [-0.39, 0.29) is 11.5 Å². The Bertz CT molecular complexity index is 1420. The molecular weight excluding hydrogens is 456 g/mol. The van der Waals surface area contributed by atoms with Gasteiger partial charge in [-0.2, -0.15) is 5.26 Å². The molecule has 1 fully saturated rings. The Balaban J connectivity index is 1.61. The third-order valence-corrected chi connectivity index (χ3v) is 7.58. The zero-order valence-electron chi connectivity index (χ0n) is 18.4. The lowest BCUT2D eigenvalue weighted by molar-refractivity contribution is 0.750. The Kier molecular flexibility index (Phi) is 5.65. The number of pyridine rings is 1. The molecule has 3 heterocycles. The first kappa shape index (κ1) is 22.0. The van der Waals surface area contributed by atoms with E-state index in [1.54, 1.807) is 16.8 Å². The summed E-state index contributed by atoms with van der Waals surface area (Å²) in [4.78, 5) is 25.2. The molecule has 1 atom stereocenters. The van der Waals surface area contributed by atoms with E-state index in [0.29, 0.717) is 28.0 Å². The molecule has 0 unspecified atom stereocenters. The molecule has 33 heavy (non-hydrogen) atoms. The zero-order chi connectivity index (χ0) is 23.3. The summed E-state index contributed by atoms with van der Waals surface area (Å²) in [7, 11) is 1.83. The molecule has 0 bridgehead atoms. The second-order valence-electron chi connectivity index (χ2n) is 8.47. The van der Waals surface area contributed by atoms with Crippen LogP contribution in [-0.2, 0) is 13.5 Å². The van der Waals surface area contributed by atoms with Crippen LogP contribution in [0, 0.1) is 11.3 Å². The van der Waals surface area contributed by atoms with Crippen molar-refractivity contribution in [3.8, 4) is 6.07 Å². The number of nitrogens with zero attached hydrogens (tertiary/aromatic N) is 5. The fourth-order valence-corrected chi connectivity index (χ4v) is 5.83. The molecule has 0 spiro atoms. The second-order valence-corrected chi connectivity index (χ2v) is 9.88. The van der Waals surface area contributed by atoms with Crippen LogP contribution in [0.3, 0.4) is 0 Å². The molecule has 5 rings (SSSR count). The van der Waals surface area contributed by atoms with Gasteiger partial charge in [-0.15, -0.1) is 0 Å². The number of fused-ring (bicyclic) bond motifs is 2. The average molecular weight is 479 g/mol. The predicted octanol–water partition coefficient (Wildman–Crippen LogP) is 3.80. The highest BCUT2D eigenvalue weighted by molar-refractivity contribution is 7.99. The van der Waals surface area contributed by atoms with Crippen molar-refractivity contribution in [1.29, 1.82) is 5.26 Å². The molecule has 3 aromatic rings. The van der Waals surface area contributed by atoms with Gasteiger partial charge < -0.3 is 15.2 Å². The number of nitriles is 1. The molecule has 1 aromatic carbocycles. The molecule has 2 aliphatic rings. The molecule has 9 heteroatoms. The van der Waals surface area contributed by atoms with Gasteiger partial charge in [-0.05, 0) is 42.3 Å². The molecule has 0 amide bonds. The maximum Gasteiger partial charge on any atom is 0.194 e. The summed E-state index contributed by atoms with van der Waals surface area (Å²) in [5.41, 5.74) is 10.1. The molecule has 2 N–H and O–H groups in total. The molecule has 2 aromatic heterocycles. The molecule has 168 valence electrons. The van der Waals surface area contributed by atoms with E-state index in [2.05, 4.69) is 17.9 Å². The van der Waals surface area contributed by atoms with Gasteiger partial charge in [0, 0.05) is 55.1 Å². The van der Waals surface area contributed by atoms with Crippen LogP contribution >= 0.6 is 23.4 Å². The summed E-state index contributed by atoms with van der Waals surface area (Å²) in [6, 6.07) is 7.45. The summed E-state index contributed by atoms with van der Waals surface area (Å²) in [6.45, 7) is 3.64. The Morgan fingerprint density at radius 3 is 2.88 bits per heavy atom. The molecule has 0 saturated carbocycles. The van der Waals surface area contributed by atoms with E-state index < -0.39 is 0 Å². The Morgan fingerprint density at radius 1 is 1.36 bits per heavy atom. The highest BCUT2D eigenvalue weighted by atomic mass is 35.5. The molecule has 1 saturated heterocycles. The number of hydrogen-bond acceptors (Lipinski definition) is 7. The monoisotopic (exact) mass is 478 g/mol. The van der Waals surface area contributed by atoms with Crippen molar-refractivity contribution in [2.24, 2.45) is 12.8 Å². The van der Waals surface area contributed by atoms with Crippen molar-refractivity contribution >= 4 is 45.1 Å². The van der Waals surface area contributed by atoms with Gasteiger partial charge in [0.05, 0.1) is 27.4 Å². The lowest BCUT2D eigenvalue weighted by atomic mass is 10.1. The van der Waals surface area contributed by atoms with Gasteiger partial charge in [0.25, 0.3) is 0 Å². The lowest BCUT2D eigenvalue weighted by Gasteiger charge is -2.21. The number of allylic oxidation sites excluding steroid dienone is 1. The van der Waals surface area contributed by atoms with Crippen molar-refractivity contribution in [3.63, 3.8) is 0 Å². The topological polar surface area (TPSA) is 101 Å². The Labute approximate surface area is 200 Å². The van der Waals surface area contributed by atoms with Crippen molar-refractivity contribution in [2.75, 3.05) is 18.0 Å². The van der Waals surface area contributed by atoms with E-state index in [1.165, 1.54) is 17.8 Å². The van der Waals surface area contributed by atoms with Gasteiger partial charge in [-0.1, -0.05) is 18.5 Å². The number of hydrogen-bond donors (Lipinski definition) is 1. The van der Waals surface area contributed by atoms with Crippen LogP contribution in [-0.4, -0.2) is 33.7 Å². The van der Waals surface area contributed by atoms with Crippen molar-refractivity contribution in [2.45, 2.75) is 42.3 Å². The number of rotatable bonds is 4. The van der Waals surface area contributed by atoms with E-state index in [0.717, 1.165) is 58.5 Å². The minimum atomic E-state index is -0.118. The predicted molar refractivity (Wildman–Crippen MR) is 132 cm³/mol. The smallest absolute Gasteiger partial charge is 0.194 e. The first-order chi connectivity index (χ1) is 15.9. The van der Waals surface area contributed by atoms with Crippen LogP contribution < -0.4 is 16.1 Å². The number of nitrogens with two attached hydrogens (primary N) is 1. The number of aryl methyl sites for hydroxylation is 1. The van der Waals surface area contributed by atoms with Crippen LogP contribution in [0.4, 0.5) is 5.82 Å². The Morgan fingerprint density at radius 2 is 2.18 bits per heavy atom. The van der Waals surface area contributed by atoms with Crippen LogP contribution in [0.5, 0.6) is 0 Å². The SMILES string of the molecule is CCC1=C(Cl)c2c(nc(Sc3cc(C#N)c4c(c3)c(=O)ccn4C)nc2N2CC[C@@H](N)C2)C1. The van der Waals surface area contributed by atoms with Crippen LogP contribution in [0.2, 0.25) is 0 Å². The third kappa shape index (κ3) is 3.80. The minimum Gasteiger partial charge on any atom is -0.354 e. The van der Waals surface area contributed by atoms with E-state index in [4.69, 9.17) is 27.3 Å². The summed E-state index contributed by atoms with van der Waals surface area (Å²) in [5.74, 6) is 0.820. The van der Waals surface area contributed by atoms with Crippen molar-refractivity contribution < 1.29 is 0 Å². The fraction of sp³-hybridized carbons (Fsp3) is 0.333. The van der Waals surface area contributed by atoms with E-state index in [9.17, 15) is 10.1 Å².